The Morgan fingerprint density at radius 3 is 2.86 bits per heavy atom. The second-order valence-corrected chi connectivity index (χ2v) is 8.14. The molecule has 0 bridgehead atoms. The van der Waals surface area contributed by atoms with Crippen molar-refractivity contribution in [2.45, 2.75) is 25.9 Å². The maximum Gasteiger partial charge on any atom is 0.338 e. The fourth-order valence-electron chi connectivity index (χ4n) is 2.57. The van der Waals surface area contributed by atoms with E-state index in [9.17, 15) is 14.4 Å². The lowest BCUT2D eigenvalue weighted by atomic mass is 10.2. The molecule has 0 saturated carbocycles. The van der Waals surface area contributed by atoms with Gasteiger partial charge in [-0.25, -0.2) is 9.78 Å². The monoisotopic (exact) mass is 417 g/mol. The van der Waals surface area contributed by atoms with Crippen LogP contribution in [0.15, 0.2) is 34.2 Å². The number of hydrogen-bond donors (Lipinski definition) is 2. The molecule has 0 atom stereocenters. The number of hydrogen-bond acceptors (Lipinski definition) is 7. The van der Waals surface area contributed by atoms with Gasteiger partial charge in [-0.1, -0.05) is 17.8 Å². The molecule has 2 heterocycles. The fourth-order valence-corrected chi connectivity index (χ4v) is 4.32. The van der Waals surface area contributed by atoms with Gasteiger partial charge in [0.1, 0.15) is 4.83 Å². The van der Waals surface area contributed by atoms with Crippen molar-refractivity contribution < 1.29 is 14.3 Å². The maximum absolute atomic E-state index is 12.3. The number of fused-ring (bicyclic) bond motifs is 1. The molecule has 0 radical (unpaired) electrons. The number of ether oxygens (including phenoxy) is 1. The van der Waals surface area contributed by atoms with Crippen LogP contribution < -0.4 is 10.9 Å². The van der Waals surface area contributed by atoms with Crippen molar-refractivity contribution in [3.63, 3.8) is 0 Å². The molecular weight excluding hydrogens is 398 g/mol. The van der Waals surface area contributed by atoms with Crippen molar-refractivity contribution in [1.29, 1.82) is 0 Å². The third-order valence-electron chi connectivity index (χ3n) is 4.01. The van der Waals surface area contributed by atoms with Crippen molar-refractivity contribution in [3.05, 3.63) is 50.6 Å². The Morgan fingerprint density at radius 1 is 1.32 bits per heavy atom. The quantitative estimate of drug-likeness (QED) is 0.362. The van der Waals surface area contributed by atoms with E-state index in [0.717, 1.165) is 22.2 Å². The molecule has 3 rings (SSSR count). The van der Waals surface area contributed by atoms with E-state index < -0.39 is 5.97 Å². The lowest BCUT2D eigenvalue weighted by Crippen LogP contribution is -2.16. The van der Waals surface area contributed by atoms with Crippen LogP contribution in [0.3, 0.4) is 0 Å². The molecule has 0 saturated heterocycles. The van der Waals surface area contributed by atoms with Gasteiger partial charge in [-0.3, -0.25) is 9.59 Å². The van der Waals surface area contributed by atoms with Crippen LogP contribution in [0.4, 0.5) is 5.69 Å². The van der Waals surface area contributed by atoms with E-state index in [0.29, 0.717) is 26.6 Å². The molecule has 9 heteroatoms. The number of esters is 1. The summed E-state index contributed by atoms with van der Waals surface area (Å²) in [6.07, 6.45) is 0. The third kappa shape index (κ3) is 4.42. The van der Waals surface area contributed by atoms with Crippen LogP contribution in [0.2, 0.25) is 0 Å². The number of aromatic nitrogens is 2. The third-order valence-corrected chi connectivity index (χ3v) is 5.99. The summed E-state index contributed by atoms with van der Waals surface area (Å²) in [5, 5.41) is 3.73. The lowest BCUT2D eigenvalue weighted by Gasteiger charge is -2.07. The molecule has 0 aliphatic carbocycles. The summed E-state index contributed by atoms with van der Waals surface area (Å²) in [4.78, 5) is 45.2. The summed E-state index contributed by atoms with van der Waals surface area (Å²) in [5.41, 5.74) is 1.60. The second-order valence-electron chi connectivity index (χ2n) is 5.97. The van der Waals surface area contributed by atoms with Crippen molar-refractivity contribution in [3.8, 4) is 0 Å². The summed E-state index contributed by atoms with van der Waals surface area (Å²) in [6.45, 7) is 5.86. The normalized spacial score (nSPS) is 10.8. The number of thioether (sulfide) groups is 1. The first-order valence-electron chi connectivity index (χ1n) is 8.59. The molecule has 0 aliphatic heterocycles. The molecule has 7 nitrogen and oxygen atoms in total. The highest BCUT2D eigenvalue weighted by Gasteiger charge is 2.13. The average molecular weight is 418 g/mol. The maximum atomic E-state index is 12.3. The molecule has 1 amide bonds. The van der Waals surface area contributed by atoms with E-state index in [2.05, 4.69) is 15.3 Å². The van der Waals surface area contributed by atoms with Crippen molar-refractivity contribution in [1.82, 2.24) is 9.97 Å². The SMILES string of the molecule is CCOC(=O)c1cccc(NC(=O)CSc2nc3sc(C)c(C)c3c(=O)[nH]2)c1. The molecule has 0 unspecified atom stereocenters. The van der Waals surface area contributed by atoms with E-state index in [1.807, 2.05) is 13.8 Å². The molecule has 2 aromatic heterocycles. The largest absolute Gasteiger partial charge is 0.462 e. The first kappa shape index (κ1) is 20.1. The first-order valence-corrected chi connectivity index (χ1v) is 10.4. The van der Waals surface area contributed by atoms with Crippen LogP contribution in [0, 0.1) is 13.8 Å². The minimum absolute atomic E-state index is 0.0709. The summed E-state index contributed by atoms with van der Waals surface area (Å²) in [6, 6.07) is 6.54. The number of aromatic amines is 1. The molecule has 2 N–H and O–H groups in total. The highest BCUT2D eigenvalue weighted by molar-refractivity contribution is 7.99. The molecule has 146 valence electrons. The number of carbonyl (C=O) groups is 2. The molecule has 0 spiro atoms. The number of H-pyrrole nitrogens is 1. The standard InChI is InChI=1S/C19H19N3O4S2/c1-4-26-18(25)12-6-5-7-13(8-12)20-14(23)9-27-19-21-16(24)15-10(2)11(3)28-17(15)22-19/h5-8H,4,9H2,1-3H3,(H,20,23)(H,21,22,24). The summed E-state index contributed by atoms with van der Waals surface area (Å²) in [7, 11) is 0. The summed E-state index contributed by atoms with van der Waals surface area (Å²) in [5.74, 6) is -0.640. The van der Waals surface area contributed by atoms with E-state index in [1.165, 1.54) is 11.3 Å². The number of nitrogens with zero attached hydrogens (tertiary/aromatic N) is 1. The number of thiophene rings is 1. The Bertz CT molecular complexity index is 1100. The number of anilines is 1. The van der Waals surface area contributed by atoms with E-state index in [-0.39, 0.29) is 23.8 Å². The Hall–Kier alpha value is -2.65. The smallest absolute Gasteiger partial charge is 0.338 e. The van der Waals surface area contributed by atoms with Gasteiger partial charge >= 0.3 is 5.97 Å². The van der Waals surface area contributed by atoms with Gasteiger partial charge in [0, 0.05) is 10.6 Å². The van der Waals surface area contributed by atoms with Gasteiger partial charge in [-0.2, -0.15) is 0 Å². The van der Waals surface area contributed by atoms with Crippen LogP contribution in [0.25, 0.3) is 10.2 Å². The Kier molecular flexibility index (Phi) is 6.15. The predicted molar refractivity (Wildman–Crippen MR) is 111 cm³/mol. The number of aryl methyl sites for hydroxylation is 2. The van der Waals surface area contributed by atoms with Crippen molar-refractivity contribution in [2.24, 2.45) is 0 Å². The summed E-state index contributed by atoms with van der Waals surface area (Å²) >= 11 is 2.61. The van der Waals surface area contributed by atoms with Gasteiger partial charge in [0.05, 0.1) is 23.3 Å². The number of rotatable bonds is 6. The zero-order chi connectivity index (χ0) is 20.3. The average Bonchev–Trinajstić information content (AvgIpc) is 2.95. The fraction of sp³-hybridized carbons (Fsp3) is 0.263. The Balaban J connectivity index is 1.66. The molecule has 28 heavy (non-hydrogen) atoms. The number of carbonyl (C=O) groups excluding carboxylic acids is 2. The first-order chi connectivity index (χ1) is 13.4. The lowest BCUT2D eigenvalue weighted by molar-refractivity contribution is -0.113. The van der Waals surface area contributed by atoms with Crippen molar-refractivity contribution in [2.75, 3.05) is 17.7 Å². The van der Waals surface area contributed by atoms with Crippen LogP contribution in [-0.2, 0) is 9.53 Å². The van der Waals surface area contributed by atoms with Crippen molar-refractivity contribution >= 4 is 50.9 Å². The Labute approximate surface area is 169 Å². The van der Waals surface area contributed by atoms with Crippen LogP contribution in [0.1, 0.15) is 27.7 Å². The van der Waals surface area contributed by atoms with Crippen LogP contribution in [0.5, 0.6) is 0 Å². The molecule has 0 aliphatic rings. The number of nitrogens with one attached hydrogen (secondary N) is 2. The molecule has 0 fully saturated rings. The number of benzene rings is 1. The molecule has 3 aromatic rings. The summed E-state index contributed by atoms with van der Waals surface area (Å²) < 4.78 is 4.95. The minimum Gasteiger partial charge on any atom is -0.462 e. The van der Waals surface area contributed by atoms with E-state index in [1.54, 1.807) is 31.2 Å². The Morgan fingerprint density at radius 2 is 2.11 bits per heavy atom. The highest BCUT2D eigenvalue weighted by Crippen LogP contribution is 2.27. The van der Waals surface area contributed by atoms with Gasteiger partial charge < -0.3 is 15.0 Å². The van der Waals surface area contributed by atoms with Crippen LogP contribution >= 0.6 is 23.1 Å². The number of amides is 1. The molecular formula is C19H19N3O4S2. The van der Waals surface area contributed by atoms with E-state index in [4.69, 9.17) is 4.74 Å². The minimum atomic E-state index is -0.440. The predicted octanol–water partition coefficient (Wildman–Crippen LogP) is 3.51. The van der Waals surface area contributed by atoms with Gasteiger partial charge in [-0.15, -0.1) is 11.3 Å². The van der Waals surface area contributed by atoms with Gasteiger partial charge in [-0.05, 0) is 44.5 Å². The second kappa shape index (κ2) is 8.57. The van der Waals surface area contributed by atoms with Gasteiger partial charge in [0.2, 0.25) is 5.91 Å². The molecule has 1 aromatic carbocycles. The highest BCUT2D eigenvalue weighted by atomic mass is 32.2. The van der Waals surface area contributed by atoms with Gasteiger partial charge in [0.15, 0.2) is 5.16 Å². The van der Waals surface area contributed by atoms with Crippen LogP contribution in [-0.4, -0.2) is 34.2 Å². The topological polar surface area (TPSA) is 101 Å². The zero-order valence-electron chi connectivity index (χ0n) is 15.6. The van der Waals surface area contributed by atoms with Gasteiger partial charge in [0.25, 0.3) is 5.56 Å². The zero-order valence-corrected chi connectivity index (χ0v) is 17.3. The van der Waals surface area contributed by atoms with E-state index >= 15 is 0 Å².